The number of carbonyl (C=O) groups is 2. The molecule has 1 aromatic heterocycles. The van der Waals surface area contributed by atoms with Crippen molar-refractivity contribution in [3.63, 3.8) is 0 Å². The normalized spacial score (nSPS) is 16.0. The number of hydrogen-bond acceptors (Lipinski definition) is 5. The number of alkyl halides is 3. The number of ether oxygens (including phenoxy) is 2. The second-order valence-corrected chi connectivity index (χ2v) is 7.28. The maximum Gasteiger partial charge on any atom is 0.573 e. The van der Waals surface area contributed by atoms with E-state index in [4.69, 9.17) is 4.74 Å². The van der Waals surface area contributed by atoms with Crippen molar-refractivity contribution in [1.82, 2.24) is 9.78 Å². The number of aldehydes is 1. The Balaban J connectivity index is 1.93. The maximum absolute atomic E-state index is 12.6. The van der Waals surface area contributed by atoms with Crippen LogP contribution in [0.15, 0.2) is 30.3 Å². The Kier molecular flexibility index (Phi) is 7.32. The molecule has 168 valence electrons. The maximum atomic E-state index is 12.6. The van der Waals surface area contributed by atoms with Crippen LogP contribution in [0.4, 0.5) is 19.0 Å². The van der Waals surface area contributed by atoms with Gasteiger partial charge in [0.05, 0.1) is 11.7 Å². The minimum Gasteiger partial charge on any atom is -0.406 e. The molecule has 1 saturated heterocycles. The number of halogens is 3. The van der Waals surface area contributed by atoms with Crippen LogP contribution in [-0.2, 0) is 14.3 Å². The quantitative estimate of drug-likeness (QED) is 0.619. The first-order chi connectivity index (χ1) is 14.8. The minimum atomic E-state index is -4.80. The number of benzene rings is 1. The third kappa shape index (κ3) is 6.06. The van der Waals surface area contributed by atoms with Crippen molar-refractivity contribution in [2.45, 2.75) is 45.0 Å². The first-order valence-corrected chi connectivity index (χ1v) is 10.1. The number of rotatable bonds is 8. The van der Waals surface area contributed by atoms with Crippen molar-refractivity contribution < 1.29 is 32.2 Å². The minimum absolute atomic E-state index is 0.0291. The van der Waals surface area contributed by atoms with Gasteiger partial charge in [0, 0.05) is 37.2 Å². The molecule has 0 bridgehead atoms. The summed E-state index contributed by atoms with van der Waals surface area (Å²) >= 11 is 0. The van der Waals surface area contributed by atoms with Gasteiger partial charge in [0.1, 0.15) is 12.0 Å². The summed E-state index contributed by atoms with van der Waals surface area (Å²) in [5.41, 5.74) is 1.03. The highest BCUT2D eigenvalue weighted by molar-refractivity contribution is 5.93. The predicted molar refractivity (Wildman–Crippen MR) is 107 cm³/mol. The molecular weight excluding hydrogens is 415 g/mol. The van der Waals surface area contributed by atoms with E-state index in [1.165, 1.54) is 18.2 Å². The fourth-order valence-electron chi connectivity index (χ4n) is 3.54. The number of carbonyl (C=O) groups excluding carboxylic acids is 2. The topological polar surface area (TPSA) is 82.5 Å². The summed E-state index contributed by atoms with van der Waals surface area (Å²) < 4.78 is 49.1. The molecule has 31 heavy (non-hydrogen) atoms. The molecular formula is C21H24F3N3O4. The first kappa shape index (κ1) is 22.8. The Morgan fingerprint density at radius 1 is 1.35 bits per heavy atom. The Hall–Kier alpha value is -2.88. The van der Waals surface area contributed by atoms with Crippen molar-refractivity contribution >= 4 is 18.0 Å². The van der Waals surface area contributed by atoms with Gasteiger partial charge in [-0.15, -0.1) is 13.2 Å². The van der Waals surface area contributed by atoms with E-state index >= 15 is 0 Å². The number of aromatic nitrogens is 2. The van der Waals surface area contributed by atoms with Crippen LogP contribution in [0, 0.1) is 5.92 Å². The Morgan fingerprint density at radius 2 is 2.10 bits per heavy atom. The lowest BCUT2D eigenvalue weighted by atomic mass is 10.0. The summed E-state index contributed by atoms with van der Waals surface area (Å²) in [7, 11) is 0. The fourth-order valence-corrected chi connectivity index (χ4v) is 3.54. The molecule has 0 saturated carbocycles. The third-order valence-corrected chi connectivity index (χ3v) is 5.13. The fraction of sp³-hybridized carbons (Fsp3) is 0.476. The SMILES string of the molecule is CC[C@@H](CC=O)C(=O)Nc1cc(-c2cccc(OC(F)(F)F)c2)n(C2CCOCC2)n1. The van der Waals surface area contributed by atoms with Gasteiger partial charge in [-0.25, -0.2) is 0 Å². The van der Waals surface area contributed by atoms with Gasteiger partial charge in [-0.1, -0.05) is 19.1 Å². The van der Waals surface area contributed by atoms with Crippen molar-refractivity contribution in [2.24, 2.45) is 5.92 Å². The molecule has 1 aliphatic heterocycles. The monoisotopic (exact) mass is 439 g/mol. The zero-order chi connectivity index (χ0) is 22.4. The lowest BCUT2D eigenvalue weighted by Gasteiger charge is -2.24. The Bertz CT molecular complexity index is 908. The van der Waals surface area contributed by atoms with E-state index in [9.17, 15) is 22.8 Å². The Labute approximate surface area is 177 Å². The van der Waals surface area contributed by atoms with E-state index in [1.807, 2.05) is 6.92 Å². The number of amides is 1. The summed E-state index contributed by atoms with van der Waals surface area (Å²) in [6.07, 6.45) is -2.13. The lowest BCUT2D eigenvalue weighted by Crippen LogP contribution is -2.24. The molecule has 1 N–H and O–H groups in total. The van der Waals surface area contributed by atoms with Gasteiger partial charge < -0.3 is 19.6 Å². The third-order valence-electron chi connectivity index (χ3n) is 5.13. The molecule has 0 aliphatic carbocycles. The number of nitrogens with zero attached hydrogens (tertiary/aromatic N) is 2. The summed E-state index contributed by atoms with van der Waals surface area (Å²) in [6.45, 7) is 2.90. The van der Waals surface area contributed by atoms with E-state index in [0.29, 0.717) is 50.0 Å². The van der Waals surface area contributed by atoms with Crippen molar-refractivity contribution in [2.75, 3.05) is 18.5 Å². The Morgan fingerprint density at radius 3 is 2.74 bits per heavy atom. The molecule has 1 aliphatic rings. The van der Waals surface area contributed by atoms with E-state index in [1.54, 1.807) is 16.8 Å². The molecule has 2 aromatic rings. The van der Waals surface area contributed by atoms with Crippen LogP contribution in [-0.4, -0.2) is 41.5 Å². The summed E-state index contributed by atoms with van der Waals surface area (Å²) in [6, 6.07) is 7.22. The summed E-state index contributed by atoms with van der Waals surface area (Å²) in [5, 5.41) is 7.24. The van der Waals surface area contributed by atoms with Crippen LogP contribution >= 0.6 is 0 Å². The predicted octanol–water partition coefficient (Wildman–Crippen LogP) is 4.35. The highest BCUT2D eigenvalue weighted by Gasteiger charge is 2.31. The van der Waals surface area contributed by atoms with E-state index in [2.05, 4.69) is 15.2 Å². The van der Waals surface area contributed by atoms with Crippen LogP contribution < -0.4 is 10.1 Å². The average Bonchev–Trinajstić information content (AvgIpc) is 3.15. The standard InChI is InChI=1S/C21H24F3N3O4/c1-2-14(6-9-28)20(29)25-19-13-18(27(26-19)16-7-10-30-11-8-16)15-4-3-5-17(12-15)31-21(22,23)24/h3-5,9,12-14,16H,2,6-8,10-11H2,1H3,(H,25,26,29)/t14-/m0/s1. The van der Waals surface area contributed by atoms with Crippen LogP contribution in [0.2, 0.25) is 0 Å². The van der Waals surface area contributed by atoms with Gasteiger partial charge in [-0.05, 0) is 31.4 Å². The molecule has 10 heteroatoms. The van der Waals surface area contributed by atoms with Gasteiger partial charge in [-0.3, -0.25) is 9.48 Å². The molecule has 1 amide bonds. The van der Waals surface area contributed by atoms with E-state index in [-0.39, 0.29) is 29.9 Å². The molecule has 0 unspecified atom stereocenters. The van der Waals surface area contributed by atoms with Crippen LogP contribution in [0.3, 0.4) is 0 Å². The number of hydrogen-bond donors (Lipinski definition) is 1. The van der Waals surface area contributed by atoms with E-state index < -0.39 is 12.3 Å². The molecule has 7 nitrogen and oxygen atoms in total. The van der Waals surface area contributed by atoms with Gasteiger partial charge in [0.2, 0.25) is 5.91 Å². The lowest BCUT2D eigenvalue weighted by molar-refractivity contribution is -0.274. The average molecular weight is 439 g/mol. The van der Waals surface area contributed by atoms with Gasteiger partial charge in [-0.2, -0.15) is 5.10 Å². The van der Waals surface area contributed by atoms with Crippen LogP contribution in [0.5, 0.6) is 5.75 Å². The number of anilines is 1. The zero-order valence-electron chi connectivity index (χ0n) is 17.0. The number of nitrogens with one attached hydrogen (secondary N) is 1. The zero-order valence-corrected chi connectivity index (χ0v) is 17.0. The summed E-state index contributed by atoms with van der Waals surface area (Å²) in [4.78, 5) is 23.3. The molecule has 0 spiro atoms. The van der Waals surface area contributed by atoms with Gasteiger partial charge in [0.25, 0.3) is 0 Å². The second kappa shape index (κ2) is 9.95. The largest absolute Gasteiger partial charge is 0.573 e. The van der Waals surface area contributed by atoms with Crippen molar-refractivity contribution in [3.05, 3.63) is 30.3 Å². The van der Waals surface area contributed by atoms with Gasteiger partial charge >= 0.3 is 6.36 Å². The smallest absolute Gasteiger partial charge is 0.406 e. The van der Waals surface area contributed by atoms with Crippen molar-refractivity contribution in [3.8, 4) is 17.0 Å². The highest BCUT2D eigenvalue weighted by atomic mass is 19.4. The molecule has 1 aromatic carbocycles. The first-order valence-electron chi connectivity index (χ1n) is 10.1. The molecule has 1 atom stereocenters. The molecule has 0 radical (unpaired) electrons. The summed E-state index contributed by atoms with van der Waals surface area (Å²) in [5.74, 6) is -0.866. The van der Waals surface area contributed by atoms with Crippen molar-refractivity contribution in [1.29, 1.82) is 0 Å². The molecule has 2 heterocycles. The van der Waals surface area contributed by atoms with Gasteiger partial charge in [0.15, 0.2) is 5.82 Å². The highest BCUT2D eigenvalue weighted by Crippen LogP contribution is 2.33. The molecule has 3 rings (SSSR count). The van der Waals surface area contributed by atoms with Crippen LogP contribution in [0.25, 0.3) is 11.3 Å². The van der Waals surface area contributed by atoms with E-state index in [0.717, 1.165) is 0 Å². The molecule has 1 fully saturated rings. The second-order valence-electron chi connectivity index (χ2n) is 7.28. The van der Waals surface area contributed by atoms with Crippen LogP contribution in [0.1, 0.15) is 38.6 Å².